The van der Waals surface area contributed by atoms with Crippen LogP contribution in [0.25, 0.3) is 0 Å². The molecule has 0 radical (unpaired) electrons. The molecule has 16 heavy (non-hydrogen) atoms. The lowest BCUT2D eigenvalue weighted by atomic mass is 10.2. The Bertz CT molecular complexity index is 384. The molecule has 4 nitrogen and oxygen atoms in total. The first-order chi connectivity index (χ1) is 7.39. The summed E-state index contributed by atoms with van der Waals surface area (Å²) in [6.07, 6.45) is -3.90. The SMILES string of the molecule is COc1c(CCl)cnc(OC(F)(F)F)c1O. The molecule has 1 aromatic rings. The van der Waals surface area contributed by atoms with Crippen molar-refractivity contribution in [3.05, 3.63) is 11.8 Å². The number of methoxy groups -OCH3 is 1. The number of alkyl halides is 4. The van der Waals surface area contributed by atoms with Crippen LogP contribution in [-0.4, -0.2) is 23.6 Å². The monoisotopic (exact) mass is 257 g/mol. The summed E-state index contributed by atoms with van der Waals surface area (Å²) in [5.74, 6) is -2.06. The number of pyridine rings is 1. The molecule has 90 valence electrons. The van der Waals surface area contributed by atoms with Crippen LogP contribution in [0, 0.1) is 0 Å². The molecule has 0 aliphatic carbocycles. The second-order valence-corrected chi connectivity index (χ2v) is 2.92. The summed E-state index contributed by atoms with van der Waals surface area (Å²) < 4.78 is 43.9. The van der Waals surface area contributed by atoms with Gasteiger partial charge in [-0.3, -0.25) is 0 Å². The number of aromatic hydroxyl groups is 1. The van der Waals surface area contributed by atoms with Gasteiger partial charge in [0.2, 0.25) is 5.75 Å². The van der Waals surface area contributed by atoms with Gasteiger partial charge in [-0.15, -0.1) is 24.8 Å². The van der Waals surface area contributed by atoms with Crippen LogP contribution in [0.4, 0.5) is 13.2 Å². The van der Waals surface area contributed by atoms with Gasteiger partial charge in [0.25, 0.3) is 5.88 Å². The highest BCUT2D eigenvalue weighted by molar-refractivity contribution is 6.17. The average Bonchev–Trinajstić information content (AvgIpc) is 2.19. The van der Waals surface area contributed by atoms with Gasteiger partial charge in [-0.2, -0.15) is 0 Å². The molecular weight excluding hydrogens is 251 g/mol. The lowest BCUT2D eigenvalue weighted by Crippen LogP contribution is -2.18. The summed E-state index contributed by atoms with van der Waals surface area (Å²) in [5.41, 5.74) is 0.260. The van der Waals surface area contributed by atoms with Gasteiger partial charge in [0.15, 0.2) is 5.75 Å². The molecule has 0 spiro atoms. The Hall–Kier alpha value is -1.37. The van der Waals surface area contributed by atoms with E-state index in [0.29, 0.717) is 0 Å². The fourth-order valence-corrected chi connectivity index (χ4v) is 1.20. The Kier molecular flexibility index (Phi) is 3.69. The second-order valence-electron chi connectivity index (χ2n) is 2.65. The molecule has 0 aromatic carbocycles. The second kappa shape index (κ2) is 4.65. The zero-order valence-electron chi connectivity index (χ0n) is 8.01. The van der Waals surface area contributed by atoms with Gasteiger partial charge in [0.05, 0.1) is 13.0 Å². The molecule has 0 aliphatic rings. The first-order valence-corrected chi connectivity index (χ1v) is 4.49. The van der Waals surface area contributed by atoms with Crippen molar-refractivity contribution < 1.29 is 27.8 Å². The van der Waals surface area contributed by atoms with Crippen molar-refractivity contribution in [2.75, 3.05) is 7.11 Å². The fourth-order valence-electron chi connectivity index (χ4n) is 1.01. The van der Waals surface area contributed by atoms with E-state index in [9.17, 15) is 18.3 Å². The lowest BCUT2D eigenvalue weighted by molar-refractivity contribution is -0.276. The number of halogens is 4. The highest BCUT2D eigenvalue weighted by Crippen LogP contribution is 2.39. The molecule has 0 saturated heterocycles. The molecular formula is C8H7ClF3NO3. The fraction of sp³-hybridized carbons (Fsp3) is 0.375. The van der Waals surface area contributed by atoms with Crippen LogP contribution in [-0.2, 0) is 5.88 Å². The van der Waals surface area contributed by atoms with E-state index in [1.54, 1.807) is 0 Å². The molecule has 0 fully saturated rings. The van der Waals surface area contributed by atoms with Crippen molar-refractivity contribution in [3.8, 4) is 17.4 Å². The van der Waals surface area contributed by atoms with E-state index < -0.39 is 18.0 Å². The van der Waals surface area contributed by atoms with Crippen molar-refractivity contribution in [3.63, 3.8) is 0 Å². The number of ether oxygens (including phenoxy) is 2. The number of hydrogen-bond acceptors (Lipinski definition) is 4. The molecule has 1 N–H and O–H groups in total. The molecule has 0 unspecified atom stereocenters. The van der Waals surface area contributed by atoms with Crippen LogP contribution >= 0.6 is 11.6 Å². The average molecular weight is 258 g/mol. The van der Waals surface area contributed by atoms with Crippen LogP contribution in [0.5, 0.6) is 17.4 Å². The summed E-state index contributed by atoms with van der Waals surface area (Å²) >= 11 is 5.47. The minimum absolute atomic E-state index is 0.0595. The molecule has 0 saturated carbocycles. The van der Waals surface area contributed by atoms with Crippen molar-refractivity contribution in [2.45, 2.75) is 12.2 Å². The summed E-state index contributed by atoms with van der Waals surface area (Å²) in [6, 6.07) is 0. The minimum atomic E-state index is -4.93. The Balaban J connectivity index is 3.14. The Labute approximate surface area is 93.6 Å². The lowest BCUT2D eigenvalue weighted by Gasteiger charge is -2.13. The van der Waals surface area contributed by atoms with Gasteiger partial charge in [-0.25, -0.2) is 4.98 Å². The van der Waals surface area contributed by atoms with E-state index in [4.69, 9.17) is 16.3 Å². The van der Waals surface area contributed by atoms with Gasteiger partial charge in [0, 0.05) is 11.8 Å². The molecule has 0 bridgehead atoms. The van der Waals surface area contributed by atoms with Gasteiger partial charge in [-0.1, -0.05) is 0 Å². The normalized spacial score (nSPS) is 11.3. The zero-order valence-corrected chi connectivity index (χ0v) is 8.76. The van der Waals surface area contributed by atoms with Crippen molar-refractivity contribution in [1.29, 1.82) is 0 Å². The van der Waals surface area contributed by atoms with E-state index >= 15 is 0 Å². The first-order valence-electron chi connectivity index (χ1n) is 3.95. The minimum Gasteiger partial charge on any atom is -0.501 e. The smallest absolute Gasteiger partial charge is 0.501 e. The van der Waals surface area contributed by atoms with Crippen LogP contribution in [0.15, 0.2) is 6.20 Å². The predicted molar refractivity (Wildman–Crippen MR) is 48.7 cm³/mol. The predicted octanol–water partition coefficient (Wildman–Crippen LogP) is 2.43. The third-order valence-corrected chi connectivity index (χ3v) is 1.90. The van der Waals surface area contributed by atoms with Crippen LogP contribution in [0.1, 0.15) is 5.56 Å². The van der Waals surface area contributed by atoms with Gasteiger partial charge < -0.3 is 14.6 Å². The number of hydrogen-bond donors (Lipinski definition) is 1. The summed E-state index contributed by atoms with van der Waals surface area (Å²) in [6.45, 7) is 0. The Morgan fingerprint density at radius 3 is 2.56 bits per heavy atom. The topological polar surface area (TPSA) is 51.6 Å². The third kappa shape index (κ3) is 2.82. The van der Waals surface area contributed by atoms with E-state index in [1.807, 2.05) is 0 Å². The largest absolute Gasteiger partial charge is 0.574 e. The van der Waals surface area contributed by atoms with Gasteiger partial charge in [0.1, 0.15) is 0 Å². The number of rotatable bonds is 3. The maximum Gasteiger partial charge on any atom is 0.574 e. The molecule has 0 amide bonds. The van der Waals surface area contributed by atoms with Crippen molar-refractivity contribution in [2.24, 2.45) is 0 Å². The Morgan fingerprint density at radius 1 is 1.50 bits per heavy atom. The maximum atomic E-state index is 11.9. The van der Waals surface area contributed by atoms with E-state index in [2.05, 4.69) is 9.72 Å². The van der Waals surface area contributed by atoms with Crippen LogP contribution in [0.2, 0.25) is 0 Å². The molecule has 1 rings (SSSR count). The molecule has 0 aliphatic heterocycles. The summed E-state index contributed by atoms with van der Waals surface area (Å²) in [5, 5.41) is 9.39. The van der Waals surface area contributed by atoms with E-state index in [1.165, 1.54) is 7.11 Å². The Morgan fingerprint density at radius 2 is 2.12 bits per heavy atom. The van der Waals surface area contributed by atoms with E-state index in [0.717, 1.165) is 6.20 Å². The quantitative estimate of drug-likeness (QED) is 0.845. The molecule has 0 atom stereocenters. The van der Waals surface area contributed by atoms with Gasteiger partial charge >= 0.3 is 6.36 Å². The highest BCUT2D eigenvalue weighted by Gasteiger charge is 2.34. The third-order valence-electron chi connectivity index (χ3n) is 1.61. The van der Waals surface area contributed by atoms with Crippen LogP contribution < -0.4 is 9.47 Å². The number of aromatic nitrogens is 1. The summed E-state index contributed by atoms with van der Waals surface area (Å²) in [7, 11) is 1.18. The zero-order chi connectivity index (χ0) is 12.3. The standard InChI is InChI=1S/C8H7ClF3NO3/c1-15-6-4(2-9)3-13-7(5(6)14)16-8(10,11)12/h3,14H,2H2,1H3. The van der Waals surface area contributed by atoms with Crippen molar-refractivity contribution >= 4 is 11.6 Å². The van der Waals surface area contributed by atoms with Gasteiger partial charge in [-0.05, 0) is 0 Å². The van der Waals surface area contributed by atoms with Crippen molar-refractivity contribution in [1.82, 2.24) is 4.98 Å². The maximum absolute atomic E-state index is 11.9. The summed E-state index contributed by atoms with van der Waals surface area (Å²) in [4.78, 5) is 3.29. The number of nitrogens with zero attached hydrogens (tertiary/aromatic N) is 1. The van der Waals surface area contributed by atoms with Crippen LogP contribution in [0.3, 0.4) is 0 Å². The molecule has 1 heterocycles. The first kappa shape index (κ1) is 12.7. The highest BCUT2D eigenvalue weighted by atomic mass is 35.5. The molecule has 1 aromatic heterocycles. The molecule has 8 heteroatoms. The van der Waals surface area contributed by atoms with E-state index in [-0.39, 0.29) is 17.2 Å².